The van der Waals surface area contributed by atoms with E-state index in [1.807, 2.05) is 0 Å². The van der Waals surface area contributed by atoms with Crippen molar-refractivity contribution >= 4 is 11.8 Å². The van der Waals surface area contributed by atoms with Gasteiger partial charge in [0.2, 0.25) is 0 Å². The Hall–Kier alpha value is -1.79. The summed E-state index contributed by atoms with van der Waals surface area (Å²) in [6, 6.07) is 4.80. The summed E-state index contributed by atoms with van der Waals surface area (Å²) in [6.07, 6.45) is 5.85. The predicted molar refractivity (Wildman–Crippen MR) is 102 cm³/mol. The van der Waals surface area contributed by atoms with Crippen LogP contribution < -0.4 is 0 Å². The van der Waals surface area contributed by atoms with Crippen molar-refractivity contribution in [3.05, 3.63) is 35.1 Å². The molecule has 0 spiro atoms. The van der Waals surface area contributed by atoms with Crippen molar-refractivity contribution in [3.8, 4) is 0 Å². The third-order valence-corrected chi connectivity index (χ3v) is 6.95. The largest absolute Gasteiger partial charge is 0.478 e. The molecular formula is C22H28FNO4. The Morgan fingerprint density at radius 2 is 1.89 bits per heavy atom. The second-order valence-electron chi connectivity index (χ2n) is 8.58. The molecule has 2 heterocycles. The van der Waals surface area contributed by atoms with E-state index in [1.54, 1.807) is 13.0 Å². The number of carboxylic acid groups (broad SMARTS) is 1. The molecule has 1 saturated carbocycles. The van der Waals surface area contributed by atoms with Gasteiger partial charge in [0.05, 0.1) is 12.2 Å². The minimum Gasteiger partial charge on any atom is -0.478 e. The summed E-state index contributed by atoms with van der Waals surface area (Å²) in [5.41, 5.74) is 0.125. The number of carbonyl (C=O) groups is 2. The molecule has 5 nitrogen and oxygen atoms in total. The number of aromatic carboxylic acids is 1. The highest BCUT2D eigenvalue weighted by Crippen LogP contribution is 2.47. The highest BCUT2D eigenvalue weighted by molar-refractivity contribution is 5.88. The lowest BCUT2D eigenvalue weighted by Gasteiger charge is -2.44. The predicted octanol–water partition coefficient (Wildman–Crippen LogP) is 3.62. The molecule has 1 aromatic carbocycles. The van der Waals surface area contributed by atoms with Gasteiger partial charge in [-0.25, -0.2) is 9.18 Å². The van der Waals surface area contributed by atoms with Crippen LogP contribution in [0.1, 0.15) is 67.3 Å². The molecular weight excluding hydrogens is 361 g/mol. The zero-order valence-corrected chi connectivity index (χ0v) is 16.3. The number of halogens is 1. The molecule has 1 aliphatic carbocycles. The van der Waals surface area contributed by atoms with E-state index in [2.05, 4.69) is 4.90 Å². The maximum Gasteiger partial charge on any atom is 0.338 e. The molecule has 0 unspecified atom stereocenters. The van der Waals surface area contributed by atoms with Crippen LogP contribution in [0.4, 0.5) is 4.39 Å². The van der Waals surface area contributed by atoms with Crippen LogP contribution >= 0.6 is 0 Å². The number of hydrogen-bond donors (Lipinski definition) is 1. The summed E-state index contributed by atoms with van der Waals surface area (Å²) in [4.78, 5) is 25.8. The summed E-state index contributed by atoms with van der Waals surface area (Å²) < 4.78 is 19.8. The molecule has 6 heteroatoms. The number of likely N-dealkylation sites (tertiary alicyclic amines) is 1. The van der Waals surface area contributed by atoms with Gasteiger partial charge in [0, 0.05) is 6.04 Å². The number of Topliss-reactive ketones (excluding diaryl/α,β-unsaturated/α-hetero) is 1. The zero-order chi connectivity index (χ0) is 19.9. The summed E-state index contributed by atoms with van der Waals surface area (Å²) in [6.45, 7) is 4.10. The van der Waals surface area contributed by atoms with Crippen LogP contribution in [0.3, 0.4) is 0 Å². The van der Waals surface area contributed by atoms with Gasteiger partial charge in [-0.3, -0.25) is 9.69 Å². The Labute approximate surface area is 164 Å². The number of piperidine rings is 1. The van der Waals surface area contributed by atoms with Gasteiger partial charge >= 0.3 is 5.97 Å². The number of carboxylic acids is 1. The first-order chi connectivity index (χ1) is 13.4. The van der Waals surface area contributed by atoms with E-state index in [1.165, 1.54) is 12.1 Å². The smallest absolute Gasteiger partial charge is 0.338 e. The molecule has 0 aromatic heterocycles. The lowest BCUT2D eigenvalue weighted by molar-refractivity contribution is -0.160. The number of ketones is 1. The fraction of sp³-hybridized carbons (Fsp3) is 0.636. The van der Waals surface area contributed by atoms with Gasteiger partial charge in [0.15, 0.2) is 5.78 Å². The van der Waals surface area contributed by atoms with Gasteiger partial charge in [-0.15, -0.1) is 0 Å². The molecule has 1 aromatic rings. The van der Waals surface area contributed by atoms with Crippen LogP contribution in [-0.2, 0) is 9.53 Å². The van der Waals surface area contributed by atoms with Crippen LogP contribution in [-0.4, -0.2) is 53.1 Å². The molecule has 2 aliphatic heterocycles. The normalized spacial score (nSPS) is 29.6. The van der Waals surface area contributed by atoms with Crippen LogP contribution in [0.2, 0.25) is 0 Å². The molecule has 28 heavy (non-hydrogen) atoms. The van der Waals surface area contributed by atoms with E-state index in [-0.39, 0.29) is 17.3 Å². The number of nitrogens with zero attached hydrogens (tertiary/aromatic N) is 1. The van der Waals surface area contributed by atoms with Crippen molar-refractivity contribution in [2.75, 3.05) is 19.7 Å². The van der Waals surface area contributed by atoms with Gasteiger partial charge in [-0.1, -0.05) is 6.07 Å². The van der Waals surface area contributed by atoms with E-state index in [0.717, 1.165) is 57.2 Å². The summed E-state index contributed by atoms with van der Waals surface area (Å²) in [5.74, 6) is -1.06. The molecule has 2 saturated heterocycles. The van der Waals surface area contributed by atoms with Crippen LogP contribution in [0, 0.1) is 11.7 Å². The Bertz CT molecular complexity index is 760. The Balaban J connectivity index is 1.34. The third kappa shape index (κ3) is 3.60. The van der Waals surface area contributed by atoms with Gasteiger partial charge in [0.25, 0.3) is 0 Å². The van der Waals surface area contributed by atoms with Crippen LogP contribution in [0.15, 0.2) is 18.2 Å². The minimum atomic E-state index is -1.22. The molecule has 4 rings (SSSR count). The molecule has 0 radical (unpaired) electrons. The summed E-state index contributed by atoms with van der Waals surface area (Å²) in [7, 11) is 0. The summed E-state index contributed by atoms with van der Waals surface area (Å²) in [5, 5.41) is 9.14. The highest BCUT2D eigenvalue weighted by atomic mass is 19.1. The molecule has 3 aliphatic rings. The number of benzene rings is 1. The Kier molecular flexibility index (Phi) is 5.27. The second-order valence-corrected chi connectivity index (χ2v) is 8.58. The fourth-order valence-electron chi connectivity index (χ4n) is 5.06. The first kappa shape index (κ1) is 19.5. The molecule has 0 amide bonds. The average molecular weight is 389 g/mol. The highest BCUT2D eigenvalue weighted by Gasteiger charge is 2.52. The van der Waals surface area contributed by atoms with Gasteiger partial charge in [0.1, 0.15) is 11.4 Å². The number of rotatable bonds is 5. The topological polar surface area (TPSA) is 66.8 Å². The third-order valence-electron chi connectivity index (χ3n) is 6.95. The van der Waals surface area contributed by atoms with Crippen molar-refractivity contribution in [3.63, 3.8) is 0 Å². The summed E-state index contributed by atoms with van der Waals surface area (Å²) >= 11 is 0. The molecule has 152 valence electrons. The molecule has 2 atom stereocenters. The van der Waals surface area contributed by atoms with E-state index in [4.69, 9.17) is 9.84 Å². The lowest BCUT2D eigenvalue weighted by Crippen LogP contribution is -2.53. The number of ether oxygens (including phenoxy) is 1. The van der Waals surface area contributed by atoms with Gasteiger partial charge in [-0.2, -0.15) is 0 Å². The minimum absolute atomic E-state index is 0.178. The molecule has 1 N–H and O–H groups in total. The van der Waals surface area contributed by atoms with Crippen molar-refractivity contribution in [2.24, 2.45) is 5.92 Å². The van der Waals surface area contributed by atoms with Crippen molar-refractivity contribution in [1.82, 2.24) is 4.90 Å². The molecule has 0 bridgehead atoms. The Morgan fingerprint density at radius 1 is 1.18 bits per heavy atom. The van der Waals surface area contributed by atoms with Crippen molar-refractivity contribution < 1.29 is 23.8 Å². The van der Waals surface area contributed by atoms with E-state index >= 15 is 0 Å². The maximum absolute atomic E-state index is 13.6. The van der Waals surface area contributed by atoms with E-state index < -0.39 is 17.4 Å². The van der Waals surface area contributed by atoms with E-state index in [0.29, 0.717) is 18.6 Å². The molecule has 3 fully saturated rings. The first-order valence-corrected chi connectivity index (χ1v) is 10.3. The van der Waals surface area contributed by atoms with Crippen molar-refractivity contribution in [2.45, 2.75) is 63.0 Å². The first-order valence-electron chi connectivity index (χ1n) is 10.3. The fourth-order valence-corrected chi connectivity index (χ4v) is 5.06. The lowest BCUT2D eigenvalue weighted by atomic mass is 9.83. The monoisotopic (exact) mass is 389 g/mol. The van der Waals surface area contributed by atoms with Crippen LogP contribution in [0.25, 0.3) is 0 Å². The SMILES string of the molecule is CC(=O)[C@@]1(C2CC2)CC[C@@H](N2CCC(c3ccc(F)c(C(=O)O)c3)CC2)CO1. The van der Waals surface area contributed by atoms with Gasteiger partial charge < -0.3 is 9.84 Å². The quantitative estimate of drug-likeness (QED) is 0.833. The zero-order valence-electron chi connectivity index (χ0n) is 16.3. The van der Waals surface area contributed by atoms with E-state index in [9.17, 15) is 14.0 Å². The van der Waals surface area contributed by atoms with Crippen molar-refractivity contribution in [1.29, 1.82) is 0 Å². The number of carbonyl (C=O) groups excluding carboxylic acids is 1. The maximum atomic E-state index is 13.6. The Morgan fingerprint density at radius 3 is 2.43 bits per heavy atom. The second kappa shape index (κ2) is 7.56. The van der Waals surface area contributed by atoms with Crippen LogP contribution in [0.5, 0.6) is 0 Å². The standard InChI is InChI=1S/C22H28FNO4/c1-14(25)22(17-3-4-17)9-6-18(13-28-22)24-10-7-15(8-11-24)16-2-5-20(23)19(12-16)21(26)27/h2,5,12,15,17-18H,3-4,6-11,13H2,1H3,(H,26,27)/t18-,22-/m1/s1. The number of hydrogen-bond acceptors (Lipinski definition) is 4. The van der Waals surface area contributed by atoms with Gasteiger partial charge in [-0.05, 0) is 88.1 Å². The average Bonchev–Trinajstić information content (AvgIpc) is 3.54.